The SMILES string of the molecule is COC(=O)COc1ccc2c(c1C)O/C(=C\c1sccc1C)C2=O. The van der Waals surface area contributed by atoms with Crippen molar-refractivity contribution in [3.63, 3.8) is 0 Å². The number of Topliss-reactive ketones (excluding diaryl/α,β-unsaturated/α-hetero) is 1. The molecule has 6 heteroatoms. The first kappa shape index (κ1) is 16.3. The number of thiophene rings is 1. The van der Waals surface area contributed by atoms with Gasteiger partial charge < -0.3 is 14.2 Å². The molecule has 3 rings (SSSR count). The van der Waals surface area contributed by atoms with Gasteiger partial charge in [0.2, 0.25) is 5.78 Å². The average molecular weight is 344 g/mol. The molecule has 0 atom stereocenters. The number of benzene rings is 1. The maximum Gasteiger partial charge on any atom is 0.343 e. The summed E-state index contributed by atoms with van der Waals surface area (Å²) in [6.07, 6.45) is 1.76. The lowest BCUT2D eigenvalue weighted by molar-refractivity contribution is -0.142. The topological polar surface area (TPSA) is 61.8 Å². The van der Waals surface area contributed by atoms with Crippen LogP contribution in [0.1, 0.15) is 26.4 Å². The first-order valence-electron chi connectivity index (χ1n) is 7.33. The van der Waals surface area contributed by atoms with Crippen LogP contribution >= 0.6 is 11.3 Å². The van der Waals surface area contributed by atoms with E-state index in [1.54, 1.807) is 36.5 Å². The van der Waals surface area contributed by atoms with Crippen LogP contribution in [-0.4, -0.2) is 25.5 Å². The van der Waals surface area contributed by atoms with Gasteiger partial charge in [0, 0.05) is 16.5 Å². The van der Waals surface area contributed by atoms with Crippen LogP contribution in [0.25, 0.3) is 6.08 Å². The van der Waals surface area contributed by atoms with E-state index in [0.717, 1.165) is 10.4 Å². The predicted octanol–water partition coefficient (Wildman–Crippen LogP) is 3.53. The Kier molecular flexibility index (Phi) is 4.40. The minimum Gasteiger partial charge on any atom is -0.481 e. The molecule has 0 fully saturated rings. The lowest BCUT2D eigenvalue weighted by Crippen LogP contribution is -2.13. The molecular weight excluding hydrogens is 328 g/mol. The van der Waals surface area contributed by atoms with Crippen LogP contribution in [0.3, 0.4) is 0 Å². The zero-order valence-corrected chi connectivity index (χ0v) is 14.4. The fourth-order valence-electron chi connectivity index (χ4n) is 2.37. The highest BCUT2D eigenvalue weighted by atomic mass is 32.1. The minimum absolute atomic E-state index is 0.152. The molecule has 5 nitrogen and oxygen atoms in total. The number of allylic oxidation sites excluding steroid dienone is 1. The number of ketones is 1. The van der Waals surface area contributed by atoms with Gasteiger partial charge in [0.15, 0.2) is 12.4 Å². The number of carbonyl (C=O) groups excluding carboxylic acids is 2. The first-order valence-corrected chi connectivity index (χ1v) is 8.20. The number of carbonyl (C=O) groups is 2. The first-order chi connectivity index (χ1) is 11.5. The number of ether oxygens (including phenoxy) is 3. The summed E-state index contributed by atoms with van der Waals surface area (Å²) in [5.41, 5.74) is 2.27. The molecule has 1 aliphatic rings. The van der Waals surface area contributed by atoms with Gasteiger partial charge in [0.1, 0.15) is 11.5 Å². The normalized spacial score (nSPS) is 14.5. The molecule has 0 spiro atoms. The standard InChI is InChI=1S/C18H16O5S/c1-10-6-7-24-15(10)8-14-17(20)12-4-5-13(11(2)18(12)23-14)22-9-16(19)21-3/h4-8H,9H2,1-3H3/b14-8-. The van der Waals surface area contributed by atoms with Crippen molar-refractivity contribution in [1.82, 2.24) is 0 Å². The number of esters is 1. The van der Waals surface area contributed by atoms with Crippen LogP contribution in [-0.2, 0) is 9.53 Å². The summed E-state index contributed by atoms with van der Waals surface area (Å²) in [4.78, 5) is 24.7. The molecular formula is C18H16O5S. The van der Waals surface area contributed by atoms with E-state index in [9.17, 15) is 9.59 Å². The second kappa shape index (κ2) is 6.49. The van der Waals surface area contributed by atoms with Gasteiger partial charge in [0.25, 0.3) is 0 Å². The Morgan fingerprint density at radius 1 is 1.29 bits per heavy atom. The zero-order chi connectivity index (χ0) is 17.3. The molecule has 0 radical (unpaired) electrons. The smallest absolute Gasteiger partial charge is 0.343 e. The molecule has 24 heavy (non-hydrogen) atoms. The highest BCUT2D eigenvalue weighted by Crippen LogP contribution is 2.39. The van der Waals surface area contributed by atoms with E-state index >= 15 is 0 Å². The van der Waals surface area contributed by atoms with Gasteiger partial charge in [-0.05, 0) is 43.0 Å². The number of fused-ring (bicyclic) bond motifs is 1. The third-order valence-corrected chi connectivity index (χ3v) is 4.74. The summed E-state index contributed by atoms with van der Waals surface area (Å²) in [5.74, 6) is 0.633. The summed E-state index contributed by atoms with van der Waals surface area (Å²) in [6.45, 7) is 3.58. The summed E-state index contributed by atoms with van der Waals surface area (Å²) in [5, 5.41) is 1.97. The number of hydrogen-bond acceptors (Lipinski definition) is 6. The molecule has 0 saturated carbocycles. The maximum atomic E-state index is 12.5. The van der Waals surface area contributed by atoms with Crippen molar-refractivity contribution in [2.24, 2.45) is 0 Å². The monoisotopic (exact) mass is 344 g/mol. The van der Waals surface area contributed by atoms with Crippen molar-refractivity contribution in [2.75, 3.05) is 13.7 Å². The van der Waals surface area contributed by atoms with Crippen LogP contribution in [0.4, 0.5) is 0 Å². The van der Waals surface area contributed by atoms with E-state index in [1.807, 2.05) is 18.4 Å². The van der Waals surface area contributed by atoms with Crippen molar-refractivity contribution in [3.05, 3.63) is 50.9 Å². The highest BCUT2D eigenvalue weighted by molar-refractivity contribution is 7.11. The summed E-state index contributed by atoms with van der Waals surface area (Å²) >= 11 is 1.55. The largest absolute Gasteiger partial charge is 0.481 e. The van der Waals surface area contributed by atoms with Crippen LogP contribution in [0, 0.1) is 13.8 Å². The number of aryl methyl sites for hydroxylation is 1. The van der Waals surface area contributed by atoms with Crippen LogP contribution in [0.15, 0.2) is 29.3 Å². The Bertz CT molecular complexity index is 847. The molecule has 2 heterocycles. The highest BCUT2D eigenvalue weighted by Gasteiger charge is 2.30. The Morgan fingerprint density at radius 2 is 2.08 bits per heavy atom. The Hall–Kier alpha value is -2.60. The van der Waals surface area contributed by atoms with Gasteiger partial charge in [0.05, 0.1) is 12.7 Å². The summed E-state index contributed by atoms with van der Waals surface area (Å²) in [6, 6.07) is 5.31. The maximum absolute atomic E-state index is 12.5. The summed E-state index contributed by atoms with van der Waals surface area (Å²) < 4.78 is 15.8. The van der Waals surface area contributed by atoms with Gasteiger partial charge in [-0.15, -0.1) is 11.3 Å². The Balaban J connectivity index is 1.89. The third kappa shape index (κ3) is 2.92. The van der Waals surface area contributed by atoms with E-state index in [-0.39, 0.29) is 12.4 Å². The average Bonchev–Trinajstić information content (AvgIpc) is 3.12. The molecule has 124 valence electrons. The Morgan fingerprint density at radius 3 is 2.75 bits per heavy atom. The zero-order valence-electron chi connectivity index (χ0n) is 13.5. The van der Waals surface area contributed by atoms with E-state index < -0.39 is 5.97 Å². The quantitative estimate of drug-likeness (QED) is 0.627. The molecule has 1 aromatic carbocycles. The van der Waals surface area contributed by atoms with E-state index in [2.05, 4.69) is 4.74 Å². The second-order valence-electron chi connectivity index (χ2n) is 5.34. The molecule has 0 bridgehead atoms. The molecule has 0 N–H and O–H groups in total. The molecule has 0 aliphatic carbocycles. The van der Waals surface area contributed by atoms with Crippen LogP contribution in [0.2, 0.25) is 0 Å². The van der Waals surface area contributed by atoms with Crippen LogP contribution < -0.4 is 9.47 Å². The fraction of sp³-hybridized carbons (Fsp3) is 0.222. The molecule has 0 saturated heterocycles. The second-order valence-corrected chi connectivity index (χ2v) is 6.29. The van der Waals surface area contributed by atoms with Crippen molar-refractivity contribution in [3.8, 4) is 11.5 Å². The molecule has 0 unspecified atom stereocenters. The molecule has 0 amide bonds. The van der Waals surface area contributed by atoms with Crippen LogP contribution in [0.5, 0.6) is 11.5 Å². The van der Waals surface area contributed by atoms with Gasteiger partial charge in [-0.25, -0.2) is 4.79 Å². The predicted molar refractivity (Wildman–Crippen MR) is 90.7 cm³/mol. The molecule has 1 aliphatic heterocycles. The van der Waals surface area contributed by atoms with Crippen molar-refractivity contribution in [2.45, 2.75) is 13.8 Å². The van der Waals surface area contributed by atoms with Crippen molar-refractivity contribution in [1.29, 1.82) is 0 Å². The molecule has 1 aromatic heterocycles. The van der Waals surface area contributed by atoms with Gasteiger partial charge in [-0.2, -0.15) is 0 Å². The minimum atomic E-state index is -0.472. The fourth-order valence-corrected chi connectivity index (χ4v) is 3.22. The Labute approximate surface area is 143 Å². The van der Waals surface area contributed by atoms with E-state index in [0.29, 0.717) is 28.4 Å². The number of rotatable bonds is 4. The number of methoxy groups -OCH3 is 1. The lowest BCUT2D eigenvalue weighted by Gasteiger charge is -2.10. The number of hydrogen-bond donors (Lipinski definition) is 0. The lowest BCUT2D eigenvalue weighted by atomic mass is 10.1. The van der Waals surface area contributed by atoms with E-state index in [1.165, 1.54) is 7.11 Å². The van der Waals surface area contributed by atoms with Crippen molar-refractivity contribution >= 4 is 29.2 Å². The van der Waals surface area contributed by atoms with Gasteiger partial charge in [-0.3, -0.25) is 4.79 Å². The third-order valence-electron chi connectivity index (χ3n) is 3.77. The van der Waals surface area contributed by atoms with Gasteiger partial charge >= 0.3 is 5.97 Å². The molecule has 2 aromatic rings. The summed E-state index contributed by atoms with van der Waals surface area (Å²) in [7, 11) is 1.30. The van der Waals surface area contributed by atoms with Gasteiger partial charge in [-0.1, -0.05) is 0 Å². The van der Waals surface area contributed by atoms with E-state index in [4.69, 9.17) is 9.47 Å². The van der Waals surface area contributed by atoms with Crippen molar-refractivity contribution < 1.29 is 23.8 Å².